The van der Waals surface area contributed by atoms with Crippen LogP contribution >= 0.6 is 12.2 Å². The molecule has 0 aliphatic rings. The van der Waals surface area contributed by atoms with Crippen LogP contribution in [0.4, 0.5) is 4.39 Å². The van der Waals surface area contributed by atoms with E-state index in [9.17, 15) is 4.39 Å². The average molecular weight is 286 g/mol. The number of aromatic amines is 1. The van der Waals surface area contributed by atoms with Gasteiger partial charge in [0, 0.05) is 0 Å². The molecule has 0 aliphatic carbocycles. The number of hydrogen-bond acceptors (Lipinski definition) is 1. The SMILES string of the molecule is CCc1ccccc1Cn1c(=S)[nH]c2cc(F)ccc21. The van der Waals surface area contributed by atoms with Gasteiger partial charge in [0.25, 0.3) is 0 Å². The average Bonchev–Trinajstić information content (AvgIpc) is 2.75. The maximum absolute atomic E-state index is 13.3. The van der Waals surface area contributed by atoms with Crippen LogP contribution in [0, 0.1) is 10.6 Å². The van der Waals surface area contributed by atoms with Gasteiger partial charge in [-0.05, 0) is 48.0 Å². The molecule has 102 valence electrons. The van der Waals surface area contributed by atoms with E-state index in [1.165, 1.54) is 23.3 Å². The largest absolute Gasteiger partial charge is 0.330 e. The van der Waals surface area contributed by atoms with Crippen LogP contribution in [0.3, 0.4) is 0 Å². The van der Waals surface area contributed by atoms with Crippen molar-refractivity contribution >= 4 is 23.3 Å². The van der Waals surface area contributed by atoms with Crippen LogP contribution in [0.2, 0.25) is 0 Å². The van der Waals surface area contributed by atoms with Crippen LogP contribution in [0.1, 0.15) is 18.1 Å². The topological polar surface area (TPSA) is 20.7 Å². The Morgan fingerprint density at radius 1 is 1.15 bits per heavy atom. The van der Waals surface area contributed by atoms with E-state index in [1.807, 2.05) is 16.7 Å². The molecule has 0 radical (unpaired) electrons. The number of nitrogens with zero attached hydrogens (tertiary/aromatic N) is 1. The number of fused-ring (bicyclic) bond motifs is 1. The van der Waals surface area contributed by atoms with Crippen LogP contribution < -0.4 is 0 Å². The van der Waals surface area contributed by atoms with Crippen molar-refractivity contribution in [1.82, 2.24) is 9.55 Å². The number of hydrogen-bond donors (Lipinski definition) is 1. The van der Waals surface area contributed by atoms with Gasteiger partial charge in [0.1, 0.15) is 5.82 Å². The van der Waals surface area contributed by atoms with Crippen LogP contribution in [0.5, 0.6) is 0 Å². The second-order valence-electron chi connectivity index (χ2n) is 4.80. The summed E-state index contributed by atoms with van der Waals surface area (Å²) < 4.78 is 15.9. The quantitative estimate of drug-likeness (QED) is 0.705. The number of rotatable bonds is 3. The van der Waals surface area contributed by atoms with E-state index in [4.69, 9.17) is 12.2 Å². The van der Waals surface area contributed by atoms with Crippen molar-refractivity contribution in [2.45, 2.75) is 19.9 Å². The molecule has 4 heteroatoms. The van der Waals surface area contributed by atoms with Gasteiger partial charge in [0.2, 0.25) is 0 Å². The predicted octanol–water partition coefficient (Wildman–Crippen LogP) is 4.45. The van der Waals surface area contributed by atoms with Gasteiger partial charge < -0.3 is 9.55 Å². The summed E-state index contributed by atoms with van der Waals surface area (Å²) in [5.74, 6) is -0.255. The summed E-state index contributed by atoms with van der Waals surface area (Å²) in [5, 5.41) is 0. The molecule has 2 nitrogen and oxygen atoms in total. The van der Waals surface area contributed by atoms with E-state index in [2.05, 4.69) is 24.0 Å². The first kappa shape index (κ1) is 13.1. The Labute approximate surface area is 121 Å². The summed E-state index contributed by atoms with van der Waals surface area (Å²) in [7, 11) is 0. The zero-order valence-electron chi connectivity index (χ0n) is 11.2. The molecule has 0 aliphatic heterocycles. The first-order chi connectivity index (χ1) is 9.69. The van der Waals surface area contributed by atoms with Crippen molar-refractivity contribution in [2.75, 3.05) is 0 Å². The third-order valence-corrected chi connectivity index (χ3v) is 3.89. The second-order valence-corrected chi connectivity index (χ2v) is 5.19. The first-order valence-electron chi connectivity index (χ1n) is 6.64. The molecule has 20 heavy (non-hydrogen) atoms. The van der Waals surface area contributed by atoms with Gasteiger partial charge in [-0.2, -0.15) is 0 Å². The van der Waals surface area contributed by atoms with Gasteiger partial charge in [-0.3, -0.25) is 0 Å². The molecular weight excluding hydrogens is 271 g/mol. The van der Waals surface area contributed by atoms with Gasteiger partial charge in [-0.25, -0.2) is 4.39 Å². The lowest BCUT2D eigenvalue weighted by molar-refractivity contribution is 0.629. The number of H-pyrrole nitrogens is 1. The standard InChI is InChI=1S/C16H15FN2S/c1-2-11-5-3-4-6-12(11)10-19-15-8-7-13(17)9-14(15)18-16(19)20/h3-9H,2,10H2,1H3,(H,18,20). The molecule has 0 saturated carbocycles. The number of aryl methyl sites for hydroxylation is 1. The number of nitrogens with one attached hydrogen (secondary N) is 1. The van der Waals surface area contributed by atoms with Gasteiger partial charge in [0.15, 0.2) is 4.77 Å². The molecule has 0 atom stereocenters. The van der Waals surface area contributed by atoms with Crippen LogP contribution in [0.15, 0.2) is 42.5 Å². The number of halogens is 1. The molecule has 0 saturated heterocycles. The van der Waals surface area contributed by atoms with Gasteiger partial charge in [0.05, 0.1) is 17.6 Å². The highest BCUT2D eigenvalue weighted by atomic mass is 32.1. The minimum Gasteiger partial charge on any atom is -0.330 e. The highest BCUT2D eigenvalue weighted by molar-refractivity contribution is 7.71. The lowest BCUT2D eigenvalue weighted by atomic mass is 10.1. The molecule has 0 amide bonds. The Bertz CT molecular complexity index is 817. The molecule has 0 spiro atoms. The minimum atomic E-state index is -0.255. The minimum absolute atomic E-state index is 0.255. The Hall–Kier alpha value is -1.94. The van der Waals surface area contributed by atoms with E-state index in [0.717, 1.165) is 17.5 Å². The maximum atomic E-state index is 13.3. The van der Waals surface area contributed by atoms with Gasteiger partial charge >= 0.3 is 0 Å². The molecule has 1 aromatic heterocycles. The van der Waals surface area contributed by atoms with E-state index in [0.29, 0.717) is 11.3 Å². The summed E-state index contributed by atoms with van der Waals surface area (Å²) >= 11 is 5.36. The van der Waals surface area contributed by atoms with E-state index >= 15 is 0 Å². The molecule has 0 bridgehead atoms. The zero-order chi connectivity index (χ0) is 14.1. The predicted molar refractivity (Wildman–Crippen MR) is 82.0 cm³/mol. The fraction of sp³-hybridized carbons (Fsp3) is 0.188. The van der Waals surface area contributed by atoms with Crippen molar-refractivity contribution in [3.05, 3.63) is 64.2 Å². The molecule has 0 fully saturated rings. The molecule has 2 aromatic carbocycles. The zero-order valence-corrected chi connectivity index (χ0v) is 12.0. The summed E-state index contributed by atoms with van der Waals surface area (Å²) in [6.45, 7) is 2.84. The van der Waals surface area contributed by atoms with Gasteiger partial charge in [-0.15, -0.1) is 0 Å². The second kappa shape index (κ2) is 5.21. The first-order valence-corrected chi connectivity index (χ1v) is 7.04. The van der Waals surface area contributed by atoms with E-state index < -0.39 is 0 Å². The number of imidazole rings is 1. The lowest BCUT2D eigenvalue weighted by Gasteiger charge is -2.09. The Morgan fingerprint density at radius 3 is 2.65 bits per heavy atom. The summed E-state index contributed by atoms with van der Waals surface area (Å²) in [4.78, 5) is 3.06. The molecule has 1 N–H and O–H groups in total. The highest BCUT2D eigenvalue weighted by Crippen LogP contribution is 2.19. The molecular formula is C16H15FN2S. The highest BCUT2D eigenvalue weighted by Gasteiger charge is 2.07. The maximum Gasteiger partial charge on any atom is 0.178 e. The molecule has 3 rings (SSSR count). The summed E-state index contributed by atoms with van der Waals surface area (Å²) in [5.41, 5.74) is 4.23. The van der Waals surface area contributed by atoms with Gasteiger partial charge in [-0.1, -0.05) is 31.2 Å². The summed E-state index contributed by atoms with van der Waals surface area (Å²) in [6.07, 6.45) is 0.987. The molecule has 0 unspecified atom stereocenters. The van der Waals surface area contributed by atoms with Crippen molar-refractivity contribution < 1.29 is 4.39 Å². The fourth-order valence-corrected chi connectivity index (χ4v) is 2.79. The third kappa shape index (κ3) is 2.27. The van der Waals surface area contributed by atoms with Crippen LogP contribution in [-0.4, -0.2) is 9.55 Å². The monoisotopic (exact) mass is 286 g/mol. The Balaban J connectivity index is 2.11. The van der Waals surface area contributed by atoms with E-state index in [1.54, 1.807) is 6.07 Å². The van der Waals surface area contributed by atoms with Crippen molar-refractivity contribution in [3.8, 4) is 0 Å². The Morgan fingerprint density at radius 2 is 1.90 bits per heavy atom. The van der Waals surface area contributed by atoms with Crippen LogP contribution in [0.25, 0.3) is 11.0 Å². The number of benzene rings is 2. The normalized spacial score (nSPS) is 11.1. The fourth-order valence-electron chi connectivity index (χ4n) is 2.52. The molecule has 3 aromatic rings. The van der Waals surface area contributed by atoms with E-state index in [-0.39, 0.29) is 5.82 Å². The van der Waals surface area contributed by atoms with Crippen molar-refractivity contribution in [3.63, 3.8) is 0 Å². The van der Waals surface area contributed by atoms with Crippen molar-refractivity contribution in [2.24, 2.45) is 0 Å². The lowest BCUT2D eigenvalue weighted by Crippen LogP contribution is -2.02. The van der Waals surface area contributed by atoms with Crippen LogP contribution in [-0.2, 0) is 13.0 Å². The summed E-state index contributed by atoms with van der Waals surface area (Å²) in [6, 6.07) is 13.0. The molecule has 1 heterocycles. The third-order valence-electron chi connectivity index (χ3n) is 3.56. The van der Waals surface area contributed by atoms with Crippen molar-refractivity contribution in [1.29, 1.82) is 0 Å². The smallest absolute Gasteiger partial charge is 0.178 e. The Kier molecular flexibility index (Phi) is 3.40. The number of aromatic nitrogens is 2.